The number of hydrogen-bond donors (Lipinski definition) is 3. The van der Waals surface area contributed by atoms with E-state index in [0.717, 1.165) is 120 Å². The van der Waals surface area contributed by atoms with Gasteiger partial charge < -0.3 is 24.6 Å². The fraction of sp³-hybridized carbons (Fsp3) is 0.977. The average Bonchev–Trinajstić information content (AvgIpc) is 3.13. The van der Waals surface area contributed by atoms with E-state index in [1.807, 2.05) is 0 Å². The fourth-order valence-electron chi connectivity index (χ4n) is 15.2. The van der Waals surface area contributed by atoms with Crippen LogP contribution in [0.1, 0.15) is 128 Å². The second kappa shape index (κ2) is 16.6. The third kappa shape index (κ3) is 7.36. The van der Waals surface area contributed by atoms with Crippen LogP contribution in [0.5, 0.6) is 0 Å². The minimum Gasteiger partial charge on any atom is -0.463 e. The highest BCUT2D eigenvalue weighted by Gasteiger charge is 2.79. The van der Waals surface area contributed by atoms with Crippen LogP contribution in [0, 0.1) is 94.7 Å². The number of carbonyl (C=O) groups excluding carboxylic acids is 1. The van der Waals surface area contributed by atoms with Crippen LogP contribution in [0.25, 0.3) is 0 Å². The molecule has 19 atom stereocenters. The van der Waals surface area contributed by atoms with E-state index in [9.17, 15) is 19.4 Å². The Kier molecular flexibility index (Phi) is 12.0. The number of phosphoric ester groups is 1. The molecule has 9 aliphatic carbocycles. The van der Waals surface area contributed by atoms with Gasteiger partial charge in [-0.05, 0) is 152 Å². The van der Waals surface area contributed by atoms with Crippen molar-refractivity contribution >= 4 is 13.8 Å². The lowest BCUT2D eigenvalue weighted by atomic mass is 9.20. The number of fused-ring (bicyclic) bond motifs is 17. The van der Waals surface area contributed by atoms with Crippen molar-refractivity contribution in [3.63, 3.8) is 0 Å². The maximum Gasteiger partial charge on any atom is 0.472 e. The quantitative estimate of drug-likeness (QED) is 0.0364. The van der Waals surface area contributed by atoms with Crippen LogP contribution in [0.15, 0.2) is 0 Å². The Morgan fingerprint density at radius 3 is 1.96 bits per heavy atom. The summed E-state index contributed by atoms with van der Waals surface area (Å²) in [6.07, 6.45) is 23.3. The molecule has 3 N–H and O–H groups in total. The second-order valence-corrected chi connectivity index (χ2v) is 21.6. The first kappa shape index (κ1) is 38.9. The summed E-state index contributed by atoms with van der Waals surface area (Å²) in [5, 5.41) is 18.5. The highest BCUT2D eigenvalue weighted by Crippen LogP contribution is 2.84. The maximum atomic E-state index is 12.6. The molecule has 0 aromatic rings. The van der Waals surface area contributed by atoms with Crippen molar-refractivity contribution in [2.75, 3.05) is 33.0 Å². The normalized spacial score (nSPS) is 44.5. The Morgan fingerprint density at radius 1 is 0.611 bits per heavy atom. The number of aliphatic hydroxyl groups excluding tert-OH is 2. The largest absolute Gasteiger partial charge is 0.472 e. The van der Waals surface area contributed by atoms with E-state index in [-0.39, 0.29) is 19.2 Å². The summed E-state index contributed by atoms with van der Waals surface area (Å²) >= 11 is 0. The molecule has 0 spiro atoms. The van der Waals surface area contributed by atoms with Crippen molar-refractivity contribution in [3.8, 4) is 0 Å². The molecule has 54 heavy (non-hydrogen) atoms. The number of carbonyl (C=O) groups is 1. The Morgan fingerprint density at radius 2 is 1.20 bits per heavy atom. The number of rotatable bonds is 25. The monoisotopic (exact) mass is 774 g/mol. The first-order valence-corrected chi connectivity index (χ1v) is 24.5. The first-order chi connectivity index (χ1) is 26.3. The SMILES string of the molecule is O=C(CCCCCC1CC2C1C1C3C4CCC4C3C21)OC[C@H](COP(=O)(O)OC[C@@H](O)CO)OCCCCCCCCC1CCC2C(C1)C1C3CCC3C21. The summed E-state index contributed by atoms with van der Waals surface area (Å²) < 4.78 is 33.8. The smallest absolute Gasteiger partial charge is 0.463 e. The molecule has 0 aromatic carbocycles. The molecule has 9 rings (SSSR count). The van der Waals surface area contributed by atoms with Crippen molar-refractivity contribution in [1.29, 1.82) is 0 Å². The molecule has 0 amide bonds. The molecule has 0 aromatic heterocycles. The predicted octanol–water partition coefficient (Wildman–Crippen LogP) is 8.19. The van der Waals surface area contributed by atoms with Crippen molar-refractivity contribution in [2.24, 2.45) is 94.7 Å². The average molecular weight is 775 g/mol. The molecule has 306 valence electrons. The molecule has 9 saturated carbocycles. The van der Waals surface area contributed by atoms with E-state index < -0.39 is 33.2 Å². The summed E-state index contributed by atoms with van der Waals surface area (Å²) in [6, 6.07) is 0. The summed E-state index contributed by atoms with van der Waals surface area (Å²) in [7, 11) is -4.48. The molecule has 0 heterocycles. The number of esters is 1. The molecule has 9 nitrogen and oxygen atoms in total. The zero-order chi connectivity index (χ0) is 37.0. The Labute approximate surface area is 324 Å². The molecular formula is C44H71O9P. The van der Waals surface area contributed by atoms with Crippen molar-refractivity contribution in [3.05, 3.63) is 0 Å². The molecule has 9 fully saturated rings. The number of hydrogen-bond acceptors (Lipinski definition) is 8. The van der Waals surface area contributed by atoms with Crippen LogP contribution in [0.3, 0.4) is 0 Å². The molecule has 9 aliphatic rings. The molecule has 0 aliphatic heterocycles. The summed E-state index contributed by atoms with van der Waals surface area (Å²) in [6.45, 7) is -1.00. The Hall–Kier alpha value is -0.540. The van der Waals surface area contributed by atoms with E-state index in [1.54, 1.807) is 6.42 Å². The van der Waals surface area contributed by atoms with Crippen LogP contribution < -0.4 is 0 Å². The van der Waals surface area contributed by atoms with Gasteiger partial charge >= 0.3 is 13.8 Å². The molecule has 0 saturated heterocycles. The zero-order valence-electron chi connectivity index (χ0n) is 32.8. The predicted molar refractivity (Wildman–Crippen MR) is 204 cm³/mol. The lowest BCUT2D eigenvalue weighted by molar-refractivity contribution is -0.375. The van der Waals surface area contributed by atoms with Crippen LogP contribution in [-0.2, 0) is 27.9 Å². The first-order valence-electron chi connectivity index (χ1n) is 23.0. The molecule has 17 unspecified atom stereocenters. The standard InChI is InChI=1S/C44H71O9P/c45-22-28(46)23-52-54(48,49)53-25-29(50-19-9-4-2-1-3-6-10-26-13-14-34-35(20-26)40-31-16-15-30(31)39(34)40)24-51-37(47)12-8-5-7-11-27-21-36-38(27)44-42-33-18-17-32(33)41(42)43(36)44/h26-36,38-46H,1-25H2,(H,48,49)/t26?,27?,28-,29+,30?,31?,32?,33?,34?,35?,36?,38?,39?,40?,41?,42?,43?,44?/m0/s1. The van der Waals surface area contributed by atoms with E-state index in [2.05, 4.69) is 0 Å². The summed E-state index contributed by atoms with van der Waals surface area (Å²) in [4.78, 5) is 22.7. The van der Waals surface area contributed by atoms with Gasteiger partial charge in [0.25, 0.3) is 0 Å². The fourth-order valence-corrected chi connectivity index (χ4v) is 15.9. The van der Waals surface area contributed by atoms with Crippen molar-refractivity contribution < 1.29 is 43.0 Å². The van der Waals surface area contributed by atoms with Crippen molar-refractivity contribution in [2.45, 2.75) is 141 Å². The van der Waals surface area contributed by atoms with Gasteiger partial charge in [0, 0.05) is 13.0 Å². The highest BCUT2D eigenvalue weighted by atomic mass is 31.2. The summed E-state index contributed by atoms with van der Waals surface area (Å²) in [5.74, 6) is 17.2. The van der Waals surface area contributed by atoms with Gasteiger partial charge in [0.15, 0.2) is 0 Å². The van der Waals surface area contributed by atoms with Crippen LogP contribution in [0.2, 0.25) is 0 Å². The van der Waals surface area contributed by atoms with Gasteiger partial charge in [-0.25, -0.2) is 4.57 Å². The van der Waals surface area contributed by atoms with Gasteiger partial charge in [0.05, 0.1) is 19.8 Å². The van der Waals surface area contributed by atoms with Gasteiger partial charge in [-0.2, -0.15) is 0 Å². The van der Waals surface area contributed by atoms with E-state index in [0.29, 0.717) is 13.0 Å². The van der Waals surface area contributed by atoms with E-state index in [4.69, 9.17) is 23.6 Å². The third-order valence-corrected chi connectivity index (χ3v) is 18.8. The lowest BCUT2D eigenvalue weighted by Gasteiger charge is -2.85. The molecule has 10 heteroatoms. The number of aliphatic hydroxyl groups is 2. The molecule has 0 bridgehead atoms. The molecular weight excluding hydrogens is 703 g/mol. The third-order valence-electron chi connectivity index (χ3n) is 17.9. The summed E-state index contributed by atoms with van der Waals surface area (Å²) in [5.41, 5.74) is 0. The van der Waals surface area contributed by atoms with E-state index in [1.165, 1.54) is 89.9 Å². The maximum absolute atomic E-state index is 12.6. The van der Waals surface area contributed by atoms with Gasteiger partial charge in [0.2, 0.25) is 0 Å². The van der Waals surface area contributed by atoms with Crippen LogP contribution >= 0.6 is 7.82 Å². The molecule has 0 radical (unpaired) electrons. The zero-order valence-corrected chi connectivity index (χ0v) is 33.7. The van der Waals surface area contributed by atoms with E-state index >= 15 is 0 Å². The Bertz CT molecular complexity index is 1330. The number of phosphoric acid groups is 1. The van der Waals surface area contributed by atoms with Gasteiger partial charge in [-0.3, -0.25) is 13.8 Å². The Balaban J connectivity index is 0.616. The van der Waals surface area contributed by atoms with Gasteiger partial charge in [0.1, 0.15) is 18.8 Å². The van der Waals surface area contributed by atoms with Crippen molar-refractivity contribution in [1.82, 2.24) is 0 Å². The lowest BCUT2D eigenvalue weighted by Crippen LogP contribution is -2.80. The minimum atomic E-state index is -4.48. The highest BCUT2D eigenvalue weighted by molar-refractivity contribution is 7.47. The number of ether oxygens (including phenoxy) is 2. The van der Waals surface area contributed by atoms with Crippen LogP contribution in [0.4, 0.5) is 0 Å². The van der Waals surface area contributed by atoms with Gasteiger partial charge in [-0.1, -0.05) is 64.2 Å². The minimum absolute atomic E-state index is 0.0543. The van der Waals surface area contributed by atoms with Crippen LogP contribution in [-0.4, -0.2) is 66.3 Å². The number of unbranched alkanes of at least 4 members (excludes halogenated alkanes) is 7. The topological polar surface area (TPSA) is 132 Å². The van der Waals surface area contributed by atoms with Gasteiger partial charge in [-0.15, -0.1) is 0 Å². The second-order valence-electron chi connectivity index (χ2n) is 20.1.